The number of halogens is 1. The Hall–Kier alpha value is -3.72. The van der Waals surface area contributed by atoms with Gasteiger partial charge >= 0.3 is 0 Å². The molecule has 0 saturated carbocycles. The summed E-state index contributed by atoms with van der Waals surface area (Å²) in [6, 6.07) is 19.4. The number of aryl methyl sites for hydroxylation is 2. The quantitative estimate of drug-likeness (QED) is 0.399. The van der Waals surface area contributed by atoms with Crippen LogP contribution in [-0.2, 0) is 32.6 Å². The van der Waals surface area contributed by atoms with Crippen LogP contribution >= 0.6 is 0 Å². The number of nitrogens with zero attached hydrogens (tertiary/aromatic N) is 2. The first-order valence-electron chi connectivity index (χ1n) is 12.4. The zero-order valence-electron chi connectivity index (χ0n) is 22.1. The lowest BCUT2D eigenvalue weighted by Gasteiger charge is -2.33. The molecule has 9 heteroatoms. The molecule has 3 aromatic rings. The van der Waals surface area contributed by atoms with E-state index in [2.05, 4.69) is 5.32 Å². The number of nitrogens with one attached hydrogen (secondary N) is 1. The minimum atomic E-state index is -3.84. The van der Waals surface area contributed by atoms with E-state index in [1.165, 1.54) is 17.0 Å². The second kappa shape index (κ2) is 12.7. The van der Waals surface area contributed by atoms with E-state index < -0.39 is 34.3 Å². The van der Waals surface area contributed by atoms with Gasteiger partial charge in [-0.3, -0.25) is 13.9 Å². The summed E-state index contributed by atoms with van der Waals surface area (Å²) in [6.07, 6.45) is 1.28. The molecule has 0 aliphatic rings. The van der Waals surface area contributed by atoms with Crippen molar-refractivity contribution in [1.82, 2.24) is 10.2 Å². The van der Waals surface area contributed by atoms with Crippen molar-refractivity contribution in [2.45, 2.75) is 39.8 Å². The summed E-state index contributed by atoms with van der Waals surface area (Å²) < 4.78 is 40.4. The van der Waals surface area contributed by atoms with Gasteiger partial charge in [-0.2, -0.15) is 0 Å². The van der Waals surface area contributed by atoms with E-state index in [1.54, 1.807) is 38.1 Å². The summed E-state index contributed by atoms with van der Waals surface area (Å²) in [5.74, 6) is -1.33. The fraction of sp³-hybridized carbons (Fsp3) is 0.310. The molecule has 3 rings (SSSR count). The smallest absolute Gasteiger partial charge is 0.244 e. The van der Waals surface area contributed by atoms with Gasteiger partial charge in [0, 0.05) is 19.5 Å². The fourth-order valence-electron chi connectivity index (χ4n) is 4.22. The minimum absolute atomic E-state index is 0.00184. The van der Waals surface area contributed by atoms with Gasteiger partial charge in [0.1, 0.15) is 18.4 Å². The lowest BCUT2D eigenvalue weighted by atomic mass is 10.0. The maximum atomic E-state index is 13.9. The van der Waals surface area contributed by atoms with Crippen molar-refractivity contribution < 1.29 is 22.4 Å². The van der Waals surface area contributed by atoms with Crippen molar-refractivity contribution in [2.75, 3.05) is 23.7 Å². The Kier molecular flexibility index (Phi) is 9.63. The summed E-state index contributed by atoms with van der Waals surface area (Å²) in [5, 5.41) is 2.80. The zero-order chi connectivity index (χ0) is 27.9. The third-order valence-corrected chi connectivity index (χ3v) is 7.33. The van der Waals surface area contributed by atoms with Gasteiger partial charge in [0.15, 0.2) is 0 Å². The molecule has 2 amide bonds. The molecule has 3 aromatic carbocycles. The average Bonchev–Trinajstić information content (AvgIpc) is 2.87. The first kappa shape index (κ1) is 28.8. The predicted molar refractivity (Wildman–Crippen MR) is 148 cm³/mol. The molecule has 1 unspecified atom stereocenters. The number of carbonyl (C=O) groups excluding carboxylic acids is 2. The number of hydrogen-bond acceptors (Lipinski definition) is 4. The monoisotopic (exact) mass is 539 g/mol. The molecule has 202 valence electrons. The van der Waals surface area contributed by atoms with Crippen molar-refractivity contribution in [1.29, 1.82) is 0 Å². The van der Waals surface area contributed by atoms with Crippen LogP contribution < -0.4 is 9.62 Å². The Bertz CT molecular complexity index is 1360. The Morgan fingerprint density at radius 2 is 1.61 bits per heavy atom. The average molecular weight is 540 g/mol. The number of amides is 2. The maximum absolute atomic E-state index is 13.9. The SMILES string of the molecule is CCNC(=O)C(Cc1ccccc1)N(Cc1ccc(F)cc1)C(=O)CN(c1cc(C)ccc1C)S(C)(=O)=O. The fourth-order valence-corrected chi connectivity index (χ4v) is 5.11. The molecule has 0 spiro atoms. The van der Waals surface area contributed by atoms with Crippen LogP contribution in [0.5, 0.6) is 0 Å². The number of sulfonamides is 1. The molecule has 1 atom stereocenters. The Balaban J connectivity index is 2.06. The van der Waals surface area contributed by atoms with Crippen LogP contribution in [0.3, 0.4) is 0 Å². The molecule has 1 N–H and O–H groups in total. The standard InChI is InChI=1S/C29H34FN3O4S/c1-5-31-29(35)27(18-23-9-7-6-8-10-23)32(19-24-13-15-25(30)16-14-24)28(34)20-33(38(4,36)37)26-17-21(2)11-12-22(26)3/h6-17,27H,5,18-20H2,1-4H3,(H,31,35). The van der Waals surface area contributed by atoms with Crippen molar-refractivity contribution in [2.24, 2.45) is 0 Å². The minimum Gasteiger partial charge on any atom is -0.355 e. The number of anilines is 1. The third-order valence-electron chi connectivity index (χ3n) is 6.20. The highest BCUT2D eigenvalue weighted by Crippen LogP contribution is 2.25. The van der Waals surface area contributed by atoms with E-state index in [9.17, 15) is 22.4 Å². The number of rotatable bonds is 11. The summed E-state index contributed by atoms with van der Waals surface area (Å²) in [4.78, 5) is 28.6. The van der Waals surface area contributed by atoms with Crippen LogP contribution in [0.2, 0.25) is 0 Å². The second-order valence-corrected chi connectivity index (χ2v) is 11.2. The third kappa shape index (κ3) is 7.64. The molecule has 0 saturated heterocycles. The van der Waals surface area contributed by atoms with Crippen molar-refractivity contribution in [3.05, 3.63) is 101 Å². The number of carbonyl (C=O) groups is 2. The molecule has 0 radical (unpaired) electrons. The highest BCUT2D eigenvalue weighted by atomic mass is 32.2. The highest BCUT2D eigenvalue weighted by molar-refractivity contribution is 7.92. The summed E-state index contributed by atoms with van der Waals surface area (Å²) >= 11 is 0. The molecule has 0 aliphatic carbocycles. The Labute approximate surface area is 224 Å². The highest BCUT2D eigenvalue weighted by Gasteiger charge is 2.33. The van der Waals surface area contributed by atoms with E-state index in [0.717, 1.165) is 21.7 Å². The van der Waals surface area contributed by atoms with Gasteiger partial charge in [0.2, 0.25) is 21.8 Å². The Morgan fingerprint density at radius 3 is 2.21 bits per heavy atom. The predicted octanol–water partition coefficient (Wildman–Crippen LogP) is 3.98. The van der Waals surface area contributed by atoms with E-state index >= 15 is 0 Å². The van der Waals surface area contributed by atoms with E-state index in [4.69, 9.17) is 0 Å². The van der Waals surface area contributed by atoms with Crippen LogP contribution in [0.4, 0.5) is 10.1 Å². The molecular weight excluding hydrogens is 505 g/mol. The van der Waals surface area contributed by atoms with Gasteiger partial charge in [0.25, 0.3) is 0 Å². The van der Waals surface area contributed by atoms with Gasteiger partial charge in [-0.1, -0.05) is 54.6 Å². The molecule has 0 aromatic heterocycles. The number of likely N-dealkylation sites (N-methyl/N-ethyl adjacent to an activating group) is 1. The number of benzene rings is 3. The topological polar surface area (TPSA) is 86.8 Å². The molecule has 0 bridgehead atoms. The van der Waals surface area contributed by atoms with Crippen LogP contribution in [0, 0.1) is 19.7 Å². The molecule has 0 heterocycles. The lowest BCUT2D eigenvalue weighted by Crippen LogP contribution is -2.53. The molecule has 38 heavy (non-hydrogen) atoms. The maximum Gasteiger partial charge on any atom is 0.244 e. The van der Waals surface area contributed by atoms with E-state index in [1.807, 2.05) is 43.3 Å². The van der Waals surface area contributed by atoms with Gasteiger partial charge in [-0.25, -0.2) is 12.8 Å². The molecule has 7 nitrogen and oxygen atoms in total. The summed E-state index contributed by atoms with van der Waals surface area (Å²) in [7, 11) is -3.84. The second-order valence-electron chi connectivity index (χ2n) is 9.31. The van der Waals surface area contributed by atoms with Gasteiger partial charge in [0.05, 0.1) is 11.9 Å². The normalized spacial score (nSPS) is 12.0. The van der Waals surface area contributed by atoms with Crippen LogP contribution in [0.1, 0.15) is 29.2 Å². The summed E-state index contributed by atoms with van der Waals surface area (Å²) in [6.45, 7) is 5.28. The molecular formula is C29H34FN3O4S. The van der Waals surface area contributed by atoms with Crippen molar-refractivity contribution in [3.8, 4) is 0 Å². The summed E-state index contributed by atoms with van der Waals surface area (Å²) in [5.41, 5.74) is 3.40. The lowest BCUT2D eigenvalue weighted by molar-refractivity contribution is -0.140. The molecule has 0 aliphatic heterocycles. The van der Waals surface area contributed by atoms with E-state index in [-0.39, 0.29) is 18.9 Å². The van der Waals surface area contributed by atoms with Crippen LogP contribution in [0.15, 0.2) is 72.8 Å². The van der Waals surface area contributed by atoms with Gasteiger partial charge in [-0.15, -0.1) is 0 Å². The van der Waals surface area contributed by atoms with E-state index in [0.29, 0.717) is 23.4 Å². The first-order chi connectivity index (χ1) is 18.0. The van der Waals surface area contributed by atoms with Crippen molar-refractivity contribution in [3.63, 3.8) is 0 Å². The largest absolute Gasteiger partial charge is 0.355 e. The van der Waals surface area contributed by atoms with Crippen LogP contribution in [0.25, 0.3) is 0 Å². The van der Waals surface area contributed by atoms with Crippen LogP contribution in [-0.4, -0.2) is 50.5 Å². The molecule has 0 fully saturated rings. The zero-order valence-corrected chi connectivity index (χ0v) is 23.0. The Morgan fingerprint density at radius 1 is 0.947 bits per heavy atom. The van der Waals surface area contributed by atoms with Gasteiger partial charge < -0.3 is 10.2 Å². The number of hydrogen-bond donors (Lipinski definition) is 1. The van der Waals surface area contributed by atoms with Gasteiger partial charge in [-0.05, 0) is 61.2 Å². The first-order valence-corrected chi connectivity index (χ1v) is 14.2. The van der Waals surface area contributed by atoms with Crippen molar-refractivity contribution >= 4 is 27.5 Å².